The van der Waals surface area contributed by atoms with E-state index in [9.17, 15) is 5.26 Å². The van der Waals surface area contributed by atoms with E-state index >= 15 is 0 Å². The van der Waals surface area contributed by atoms with Gasteiger partial charge in [-0.15, -0.1) is 0 Å². The molecule has 0 aliphatic heterocycles. The maximum absolute atomic E-state index is 9.56. The van der Waals surface area contributed by atoms with Gasteiger partial charge >= 0.3 is 0 Å². The molecule has 2 aromatic carbocycles. The fourth-order valence-electron chi connectivity index (χ4n) is 2.28. The van der Waals surface area contributed by atoms with Gasteiger partial charge in [-0.3, -0.25) is 0 Å². The van der Waals surface area contributed by atoms with E-state index < -0.39 is 0 Å². The van der Waals surface area contributed by atoms with Crippen molar-refractivity contribution < 1.29 is 4.74 Å². The topological polar surface area (TPSA) is 70.8 Å². The molecule has 0 radical (unpaired) electrons. The van der Waals surface area contributed by atoms with E-state index in [2.05, 4.69) is 21.4 Å². The van der Waals surface area contributed by atoms with E-state index in [1.807, 2.05) is 54.6 Å². The third-order valence-electron chi connectivity index (χ3n) is 3.37. The standard InChI is InChI=1S/C18H14N4O/c1-23-16-10-6-5-9-15(16)22-18-14(11-19)17(20-12-21-18)13-7-3-2-4-8-13/h2-10,12H,1H3,(H,20,21,22). The molecule has 112 valence electrons. The predicted octanol–water partition coefficient (Wildman–Crippen LogP) is 3.77. The Morgan fingerprint density at radius 3 is 2.48 bits per heavy atom. The van der Waals surface area contributed by atoms with Crippen LogP contribution in [-0.4, -0.2) is 17.1 Å². The number of nitriles is 1. The summed E-state index contributed by atoms with van der Waals surface area (Å²) in [6.07, 6.45) is 1.45. The summed E-state index contributed by atoms with van der Waals surface area (Å²) >= 11 is 0. The Morgan fingerprint density at radius 2 is 1.74 bits per heavy atom. The molecule has 23 heavy (non-hydrogen) atoms. The largest absolute Gasteiger partial charge is 0.495 e. The molecule has 3 aromatic rings. The second-order valence-corrected chi connectivity index (χ2v) is 4.75. The predicted molar refractivity (Wildman–Crippen MR) is 88.5 cm³/mol. The highest BCUT2D eigenvalue weighted by Gasteiger charge is 2.14. The zero-order chi connectivity index (χ0) is 16.1. The number of hydrogen-bond acceptors (Lipinski definition) is 5. The van der Waals surface area contributed by atoms with Crippen LogP contribution in [0.25, 0.3) is 11.3 Å². The summed E-state index contributed by atoms with van der Waals surface area (Å²) in [6.45, 7) is 0. The van der Waals surface area contributed by atoms with Crippen LogP contribution in [0.5, 0.6) is 5.75 Å². The Morgan fingerprint density at radius 1 is 1.00 bits per heavy atom. The van der Waals surface area contributed by atoms with Crippen molar-refractivity contribution in [1.82, 2.24) is 9.97 Å². The van der Waals surface area contributed by atoms with E-state index in [1.54, 1.807) is 7.11 Å². The molecule has 1 heterocycles. The Hall–Kier alpha value is -3.39. The molecular weight excluding hydrogens is 288 g/mol. The summed E-state index contributed by atoms with van der Waals surface area (Å²) < 4.78 is 5.32. The molecule has 0 amide bonds. The highest BCUT2D eigenvalue weighted by Crippen LogP contribution is 2.30. The van der Waals surface area contributed by atoms with Gasteiger partial charge in [0.2, 0.25) is 0 Å². The summed E-state index contributed by atoms with van der Waals surface area (Å²) in [6, 6.07) is 19.2. The molecule has 0 bridgehead atoms. The second-order valence-electron chi connectivity index (χ2n) is 4.75. The van der Waals surface area contributed by atoms with Crippen LogP contribution < -0.4 is 10.1 Å². The molecule has 5 nitrogen and oxygen atoms in total. The van der Waals surface area contributed by atoms with Crippen molar-refractivity contribution in [2.24, 2.45) is 0 Å². The van der Waals surface area contributed by atoms with Crippen LogP contribution in [0.1, 0.15) is 5.56 Å². The Kier molecular flexibility index (Phi) is 4.16. The average molecular weight is 302 g/mol. The van der Waals surface area contributed by atoms with Gasteiger partial charge in [0.15, 0.2) is 5.82 Å². The maximum atomic E-state index is 9.56. The quantitative estimate of drug-likeness (QED) is 0.794. The number of ether oxygens (including phenoxy) is 1. The van der Waals surface area contributed by atoms with Crippen molar-refractivity contribution in [2.75, 3.05) is 12.4 Å². The lowest BCUT2D eigenvalue weighted by Gasteiger charge is -2.12. The molecule has 1 aromatic heterocycles. The molecule has 1 N–H and O–H groups in total. The van der Waals surface area contributed by atoms with Crippen molar-refractivity contribution in [2.45, 2.75) is 0 Å². The first-order valence-electron chi connectivity index (χ1n) is 7.04. The lowest BCUT2D eigenvalue weighted by Crippen LogP contribution is -2.02. The monoisotopic (exact) mass is 302 g/mol. The van der Waals surface area contributed by atoms with Gasteiger partial charge in [0.05, 0.1) is 18.5 Å². The van der Waals surface area contributed by atoms with E-state index in [0.29, 0.717) is 22.8 Å². The number of nitrogens with zero attached hydrogens (tertiary/aromatic N) is 3. The van der Waals surface area contributed by atoms with Gasteiger partial charge in [-0.2, -0.15) is 5.26 Å². The lowest BCUT2D eigenvalue weighted by molar-refractivity contribution is 0.417. The summed E-state index contributed by atoms with van der Waals surface area (Å²) in [5.74, 6) is 1.13. The Balaban J connectivity index is 2.06. The maximum Gasteiger partial charge on any atom is 0.152 e. The minimum absolute atomic E-state index is 0.393. The molecule has 0 spiro atoms. The summed E-state index contributed by atoms with van der Waals surface area (Å²) in [4.78, 5) is 8.47. The van der Waals surface area contributed by atoms with Crippen molar-refractivity contribution in [1.29, 1.82) is 5.26 Å². The molecule has 0 fully saturated rings. The van der Waals surface area contributed by atoms with Crippen molar-refractivity contribution in [3.63, 3.8) is 0 Å². The number of benzene rings is 2. The fraction of sp³-hybridized carbons (Fsp3) is 0.0556. The van der Waals surface area contributed by atoms with Gasteiger partial charge in [0.1, 0.15) is 23.7 Å². The van der Waals surface area contributed by atoms with Gasteiger partial charge in [-0.1, -0.05) is 42.5 Å². The van der Waals surface area contributed by atoms with Gasteiger partial charge in [0.25, 0.3) is 0 Å². The van der Waals surface area contributed by atoms with Crippen LogP contribution in [0.2, 0.25) is 0 Å². The Bertz CT molecular complexity index is 856. The van der Waals surface area contributed by atoms with E-state index in [0.717, 1.165) is 11.3 Å². The average Bonchev–Trinajstić information content (AvgIpc) is 2.62. The zero-order valence-electron chi connectivity index (χ0n) is 12.5. The van der Waals surface area contributed by atoms with Crippen LogP contribution in [0.3, 0.4) is 0 Å². The first-order chi connectivity index (χ1) is 11.3. The van der Waals surface area contributed by atoms with Gasteiger partial charge in [-0.05, 0) is 12.1 Å². The smallest absolute Gasteiger partial charge is 0.152 e. The van der Waals surface area contributed by atoms with Crippen LogP contribution in [0.15, 0.2) is 60.9 Å². The molecule has 0 aliphatic rings. The number of aromatic nitrogens is 2. The number of methoxy groups -OCH3 is 1. The van der Waals surface area contributed by atoms with Gasteiger partial charge in [-0.25, -0.2) is 9.97 Å². The van der Waals surface area contributed by atoms with Crippen LogP contribution in [0.4, 0.5) is 11.5 Å². The first-order valence-corrected chi connectivity index (χ1v) is 7.04. The van der Waals surface area contributed by atoms with E-state index in [-0.39, 0.29) is 0 Å². The SMILES string of the molecule is COc1ccccc1Nc1ncnc(-c2ccccc2)c1C#N. The number of hydrogen-bond donors (Lipinski definition) is 1. The summed E-state index contributed by atoms with van der Waals surface area (Å²) in [5, 5.41) is 12.7. The molecule has 0 saturated heterocycles. The van der Waals surface area contributed by atoms with Crippen LogP contribution >= 0.6 is 0 Å². The molecule has 0 saturated carbocycles. The molecule has 5 heteroatoms. The summed E-state index contributed by atoms with van der Waals surface area (Å²) in [7, 11) is 1.60. The minimum atomic E-state index is 0.393. The minimum Gasteiger partial charge on any atom is -0.495 e. The third kappa shape index (κ3) is 2.97. The fourth-order valence-corrected chi connectivity index (χ4v) is 2.28. The summed E-state index contributed by atoms with van der Waals surface area (Å²) in [5.41, 5.74) is 2.60. The number of anilines is 2. The Labute approximate surface area is 134 Å². The molecular formula is C18H14N4O. The van der Waals surface area contributed by atoms with Gasteiger partial charge in [0, 0.05) is 5.56 Å². The number of rotatable bonds is 4. The first kappa shape index (κ1) is 14.5. The van der Waals surface area contributed by atoms with Crippen LogP contribution in [-0.2, 0) is 0 Å². The zero-order valence-corrected chi connectivity index (χ0v) is 12.5. The highest BCUT2D eigenvalue weighted by molar-refractivity contribution is 5.76. The molecule has 3 rings (SSSR count). The van der Waals surface area contributed by atoms with Crippen molar-refractivity contribution in [3.8, 4) is 23.1 Å². The number of para-hydroxylation sites is 2. The van der Waals surface area contributed by atoms with E-state index in [1.165, 1.54) is 6.33 Å². The van der Waals surface area contributed by atoms with Crippen LogP contribution in [0, 0.1) is 11.3 Å². The van der Waals surface area contributed by atoms with Crippen molar-refractivity contribution in [3.05, 3.63) is 66.5 Å². The highest BCUT2D eigenvalue weighted by atomic mass is 16.5. The molecule has 0 atom stereocenters. The number of nitrogens with one attached hydrogen (secondary N) is 1. The lowest BCUT2D eigenvalue weighted by atomic mass is 10.1. The molecule has 0 aliphatic carbocycles. The van der Waals surface area contributed by atoms with E-state index in [4.69, 9.17) is 4.74 Å². The molecule has 0 unspecified atom stereocenters. The third-order valence-corrected chi connectivity index (χ3v) is 3.37. The normalized spacial score (nSPS) is 9.91. The van der Waals surface area contributed by atoms with Gasteiger partial charge < -0.3 is 10.1 Å². The van der Waals surface area contributed by atoms with Crippen molar-refractivity contribution >= 4 is 11.5 Å². The second kappa shape index (κ2) is 6.58.